The lowest BCUT2D eigenvalue weighted by Crippen LogP contribution is -2.55. The van der Waals surface area contributed by atoms with E-state index in [1.807, 2.05) is 12.2 Å². The maximum Gasteiger partial charge on any atom is 0.244 e. The minimum absolute atomic E-state index is 0.0594. The van der Waals surface area contributed by atoms with Gasteiger partial charge in [-0.25, -0.2) is 0 Å². The molecule has 1 fully saturated rings. The maximum absolute atomic E-state index is 12.7. The molecule has 8 unspecified atom stereocenters. The van der Waals surface area contributed by atoms with Crippen molar-refractivity contribution in [1.82, 2.24) is 10.6 Å². The number of ketones is 1. The highest BCUT2D eigenvalue weighted by Crippen LogP contribution is 2.37. The SMILES string of the molecule is CCCCCCCCC/C=C/C=C/C(=O)NCC(=O)CC1C(O)C(O)C(N=C2NC=NC3CC=NC23)CC1C(O)CO. The monoisotopic (exact) mass is 587 g/mol. The molecule has 0 radical (unpaired) electrons. The number of carbonyl (C=O) groups is 2. The molecule has 11 nitrogen and oxygen atoms in total. The van der Waals surface area contributed by atoms with Gasteiger partial charge in [0.25, 0.3) is 0 Å². The first kappa shape index (κ1) is 33.8. The number of rotatable bonds is 17. The number of carbonyl (C=O) groups excluding carboxylic acids is 2. The first-order valence-corrected chi connectivity index (χ1v) is 15.5. The standard InChI is InChI=1S/C31H49N5O6/c1-2-3-4-5-6-7-8-9-10-11-12-13-27(40)33-18-21(38)16-23-22(26(39)19-37)17-25(30(42)29(23)41)36-31-28-24(14-15-32-28)34-20-35-31/h10-13,15,20,22-26,28-30,37,39,41-42H,2-9,14,16-19H2,1H3,(H,33,40)(H,34,35,36)/b11-10+,13-12+. The van der Waals surface area contributed by atoms with Crippen LogP contribution in [0.5, 0.6) is 0 Å². The van der Waals surface area contributed by atoms with E-state index in [0.29, 0.717) is 12.3 Å². The molecule has 0 aromatic rings. The highest BCUT2D eigenvalue weighted by atomic mass is 16.3. The van der Waals surface area contributed by atoms with Crippen molar-refractivity contribution < 1.29 is 30.0 Å². The van der Waals surface area contributed by atoms with Crippen molar-refractivity contribution in [3.8, 4) is 0 Å². The fourth-order valence-electron chi connectivity index (χ4n) is 5.91. The first-order valence-electron chi connectivity index (χ1n) is 15.5. The van der Waals surface area contributed by atoms with Gasteiger partial charge in [0.1, 0.15) is 18.0 Å². The van der Waals surface area contributed by atoms with Gasteiger partial charge in [-0.2, -0.15) is 0 Å². The second-order valence-corrected chi connectivity index (χ2v) is 11.5. The van der Waals surface area contributed by atoms with Crippen LogP contribution in [-0.2, 0) is 9.59 Å². The van der Waals surface area contributed by atoms with Crippen LogP contribution in [-0.4, -0.2) is 100 Å². The van der Waals surface area contributed by atoms with Crippen LogP contribution in [0.3, 0.4) is 0 Å². The number of aliphatic hydroxyl groups is 4. The van der Waals surface area contributed by atoms with Crippen LogP contribution in [0.2, 0.25) is 0 Å². The van der Waals surface area contributed by atoms with Gasteiger partial charge in [-0.1, -0.05) is 63.7 Å². The van der Waals surface area contributed by atoms with Crippen LogP contribution in [0.25, 0.3) is 0 Å². The summed E-state index contributed by atoms with van der Waals surface area (Å²) in [6, 6.07) is -1.12. The number of hydrogen-bond acceptors (Lipinski definition) is 9. The Morgan fingerprint density at radius 3 is 2.64 bits per heavy atom. The summed E-state index contributed by atoms with van der Waals surface area (Å²) < 4.78 is 0. The lowest BCUT2D eigenvalue weighted by atomic mass is 9.69. The Kier molecular flexibility index (Phi) is 14.5. The van der Waals surface area contributed by atoms with Crippen molar-refractivity contribution in [1.29, 1.82) is 0 Å². The largest absolute Gasteiger partial charge is 0.394 e. The number of aliphatic hydroxyl groups excluding tert-OH is 4. The van der Waals surface area contributed by atoms with Gasteiger partial charge in [0, 0.05) is 25.1 Å². The Morgan fingerprint density at radius 2 is 1.88 bits per heavy atom. The van der Waals surface area contributed by atoms with Crippen LogP contribution in [0.15, 0.2) is 39.3 Å². The van der Waals surface area contributed by atoms with Crippen molar-refractivity contribution in [2.45, 2.75) is 114 Å². The average molecular weight is 588 g/mol. The van der Waals surface area contributed by atoms with E-state index in [4.69, 9.17) is 0 Å². The quantitative estimate of drug-likeness (QED) is 0.0851. The third kappa shape index (κ3) is 10.2. The normalized spacial score (nSPS) is 30.6. The Morgan fingerprint density at radius 1 is 1.12 bits per heavy atom. The number of unbranched alkanes of at least 4 members (excludes halogenated alkanes) is 7. The lowest BCUT2D eigenvalue weighted by molar-refractivity contribution is -0.133. The zero-order valence-corrected chi connectivity index (χ0v) is 24.7. The summed E-state index contributed by atoms with van der Waals surface area (Å²) in [4.78, 5) is 38.3. The van der Waals surface area contributed by atoms with Crippen LogP contribution < -0.4 is 10.6 Å². The average Bonchev–Trinajstić information content (AvgIpc) is 3.48. The second-order valence-electron chi connectivity index (χ2n) is 11.5. The van der Waals surface area contributed by atoms with Gasteiger partial charge in [-0.15, -0.1) is 0 Å². The molecule has 3 rings (SSSR count). The highest BCUT2D eigenvalue weighted by molar-refractivity contribution is 6.00. The van der Waals surface area contributed by atoms with Crippen molar-refractivity contribution in [3.63, 3.8) is 0 Å². The second kappa shape index (κ2) is 18.0. The van der Waals surface area contributed by atoms with Crippen LogP contribution in [0.1, 0.15) is 77.6 Å². The molecule has 0 spiro atoms. The van der Waals surface area contributed by atoms with Crippen molar-refractivity contribution in [3.05, 3.63) is 24.3 Å². The molecule has 0 bridgehead atoms. The fourth-order valence-corrected chi connectivity index (χ4v) is 5.91. The number of nitrogens with zero attached hydrogens (tertiary/aromatic N) is 3. The molecule has 1 saturated carbocycles. The molecular formula is C31H49N5O6. The van der Waals surface area contributed by atoms with E-state index >= 15 is 0 Å². The summed E-state index contributed by atoms with van der Waals surface area (Å²) in [7, 11) is 0. The molecule has 2 aliphatic heterocycles. The molecule has 3 aliphatic rings. The summed E-state index contributed by atoms with van der Waals surface area (Å²) in [5.41, 5.74) is 0. The molecule has 0 aromatic carbocycles. The summed E-state index contributed by atoms with van der Waals surface area (Å²) >= 11 is 0. The summed E-state index contributed by atoms with van der Waals surface area (Å²) in [6.07, 6.45) is 16.7. The minimum Gasteiger partial charge on any atom is -0.394 e. The van der Waals surface area contributed by atoms with Gasteiger partial charge in [0.2, 0.25) is 5.91 Å². The van der Waals surface area contributed by atoms with Crippen LogP contribution in [0.4, 0.5) is 0 Å². The highest BCUT2D eigenvalue weighted by Gasteiger charge is 2.47. The Bertz CT molecular complexity index is 1010. The number of hydrogen-bond donors (Lipinski definition) is 6. The van der Waals surface area contributed by atoms with Crippen LogP contribution in [0, 0.1) is 11.8 Å². The van der Waals surface area contributed by atoms with Gasteiger partial charge in [0.05, 0.1) is 43.8 Å². The number of nitrogens with one attached hydrogen (secondary N) is 2. The fraction of sp³-hybridized carbons (Fsp3) is 0.710. The number of Topliss-reactive ketones (excluding diaryl/α,β-unsaturated/α-hetero) is 1. The molecule has 8 atom stereocenters. The Labute approximate surface area is 249 Å². The topological polar surface area (TPSA) is 176 Å². The van der Waals surface area contributed by atoms with E-state index in [-0.39, 0.29) is 37.3 Å². The molecule has 2 heterocycles. The van der Waals surface area contributed by atoms with Crippen molar-refractivity contribution in [2.75, 3.05) is 13.2 Å². The predicted octanol–water partition coefficient (Wildman–Crippen LogP) is 1.64. The molecule has 11 heteroatoms. The molecular weight excluding hydrogens is 538 g/mol. The Hall–Kier alpha value is -2.73. The van der Waals surface area contributed by atoms with E-state index in [9.17, 15) is 30.0 Å². The minimum atomic E-state index is -1.36. The first-order chi connectivity index (χ1) is 20.3. The molecule has 42 heavy (non-hydrogen) atoms. The van der Waals surface area contributed by atoms with Gasteiger partial charge in [0.15, 0.2) is 5.78 Å². The molecule has 1 aliphatic carbocycles. The predicted molar refractivity (Wildman–Crippen MR) is 164 cm³/mol. The smallest absolute Gasteiger partial charge is 0.244 e. The molecule has 0 saturated heterocycles. The van der Waals surface area contributed by atoms with E-state index in [0.717, 1.165) is 12.8 Å². The number of allylic oxidation sites excluding steroid dienone is 3. The lowest BCUT2D eigenvalue weighted by Gasteiger charge is -2.43. The third-order valence-corrected chi connectivity index (χ3v) is 8.36. The van der Waals surface area contributed by atoms with E-state index in [1.165, 1.54) is 44.6 Å². The maximum atomic E-state index is 12.7. The van der Waals surface area contributed by atoms with E-state index in [1.54, 1.807) is 18.6 Å². The number of fused-ring (bicyclic) bond motifs is 1. The van der Waals surface area contributed by atoms with Gasteiger partial charge < -0.3 is 31.1 Å². The van der Waals surface area contributed by atoms with Crippen molar-refractivity contribution in [2.24, 2.45) is 26.8 Å². The third-order valence-electron chi connectivity index (χ3n) is 8.36. The number of aliphatic imine (C=N–C) groups is 3. The summed E-state index contributed by atoms with van der Waals surface area (Å²) in [6.45, 7) is 1.40. The summed E-state index contributed by atoms with van der Waals surface area (Å²) in [5.74, 6) is -1.74. The van der Waals surface area contributed by atoms with Gasteiger partial charge in [-0.3, -0.25) is 24.6 Å². The molecule has 6 N–H and O–H groups in total. The van der Waals surface area contributed by atoms with Gasteiger partial charge >= 0.3 is 0 Å². The van der Waals surface area contributed by atoms with E-state index < -0.39 is 48.7 Å². The zero-order chi connectivity index (χ0) is 30.3. The zero-order valence-electron chi connectivity index (χ0n) is 24.7. The van der Waals surface area contributed by atoms with Crippen LogP contribution >= 0.6 is 0 Å². The number of amides is 1. The molecule has 234 valence electrons. The van der Waals surface area contributed by atoms with Crippen molar-refractivity contribution >= 4 is 30.1 Å². The Balaban J connectivity index is 1.46. The molecule has 1 amide bonds. The summed E-state index contributed by atoms with van der Waals surface area (Å²) in [5, 5.41) is 47.6. The van der Waals surface area contributed by atoms with Gasteiger partial charge in [-0.05, 0) is 31.1 Å². The molecule has 0 aromatic heterocycles. The number of amidine groups is 1. The van der Waals surface area contributed by atoms with E-state index in [2.05, 4.69) is 32.5 Å².